The van der Waals surface area contributed by atoms with Gasteiger partial charge in [-0.25, -0.2) is 8.42 Å². The van der Waals surface area contributed by atoms with E-state index in [0.717, 1.165) is 11.8 Å². The maximum Gasteiger partial charge on any atom is 0.270 e. The van der Waals surface area contributed by atoms with Gasteiger partial charge in [-0.05, 0) is 23.8 Å². The molecular formula is C15H14N4O4S. The van der Waals surface area contributed by atoms with Gasteiger partial charge in [-0.1, -0.05) is 12.1 Å². The minimum Gasteiger partial charge on any atom is -0.380 e. The third-order valence-electron chi connectivity index (χ3n) is 3.05. The Labute approximate surface area is 138 Å². The fraction of sp³-hybridized carbons (Fsp3) is 0.133. The van der Waals surface area contributed by atoms with E-state index in [4.69, 9.17) is 5.26 Å². The van der Waals surface area contributed by atoms with Crippen molar-refractivity contribution in [2.75, 3.05) is 16.3 Å². The molecule has 124 valence electrons. The van der Waals surface area contributed by atoms with Gasteiger partial charge in [0, 0.05) is 24.4 Å². The largest absolute Gasteiger partial charge is 0.380 e. The van der Waals surface area contributed by atoms with Crippen LogP contribution >= 0.6 is 0 Å². The fourth-order valence-electron chi connectivity index (χ4n) is 2.05. The van der Waals surface area contributed by atoms with E-state index >= 15 is 0 Å². The molecular weight excluding hydrogens is 332 g/mol. The van der Waals surface area contributed by atoms with E-state index in [1.54, 1.807) is 24.3 Å². The van der Waals surface area contributed by atoms with Crippen LogP contribution in [0.5, 0.6) is 0 Å². The number of nitro groups is 1. The highest BCUT2D eigenvalue weighted by Crippen LogP contribution is 2.22. The topological polar surface area (TPSA) is 125 Å². The van der Waals surface area contributed by atoms with E-state index in [1.165, 1.54) is 18.2 Å². The van der Waals surface area contributed by atoms with Crippen LogP contribution in [0, 0.1) is 21.4 Å². The van der Waals surface area contributed by atoms with Crippen LogP contribution in [0.25, 0.3) is 0 Å². The van der Waals surface area contributed by atoms with Crippen molar-refractivity contribution in [2.24, 2.45) is 0 Å². The number of nitro benzene ring substituents is 1. The predicted octanol–water partition coefficient (Wildman–Crippen LogP) is 2.45. The van der Waals surface area contributed by atoms with Gasteiger partial charge in [-0.3, -0.25) is 14.8 Å². The quantitative estimate of drug-likeness (QED) is 0.611. The smallest absolute Gasteiger partial charge is 0.270 e. The summed E-state index contributed by atoms with van der Waals surface area (Å²) in [6, 6.07) is 12.7. The van der Waals surface area contributed by atoms with E-state index in [9.17, 15) is 18.5 Å². The molecule has 0 aromatic heterocycles. The molecule has 0 aliphatic heterocycles. The maximum absolute atomic E-state index is 11.2. The molecule has 0 spiro atoms. The van der Waals surface area contributed by atoms with Gasteiger partial charge in [0.1, 0.15) is 6.07 Å². The first-order chi connectivity index (χ1) is 11.3. The number of hydrogen-bond donors (Lipinski definition) is 2. The highest BCUT2D eigenvalue weighted by molar-refractivity contribution is 7.92. The molecule has 0 unspecified atom stereocenters. The van der Waals surface area contributed by atoms with Crippen LogP contribution in [0.3, 0.4) is 0 Å². The molecule has 9 heteroatoms. The summed E-state index contributed by atoms with van der Waals surface area (Å²) >= 11 is 0. The van der Waals surface area contributed by atoms with Gasteiger partial charge in [0.2, 0.25) is 10.0 Å². The molecule has 0 amide bonds. The number of benzene rings is 2. The Bertz CT molecular complexity index is 919. The summed E-state index contributed by atoms with van der Waals surface area (Å²) in [5, 5.41) is 22.8. The van der Waals surface area contributed by atoms with Crippen LogP contribution < -0.4 is 10.0 Å². The molecule has 2 aromatic carbocycles. The molecule has 2 rings (SSSR count). The second-order valence-corrected chi connectivity index (χ2v) is 6.78. The lowest BCUT2D eigenvalue weighted by Crippen LogP contribution is -2.10. The van der Waals surface area contributed by atoms with Gasteiger partial charge in [-0.2, -0.15) is 5.26 Å². The molecule has 0 heterocycles. The van der Waals surface area contributed by atoms with E-state index in [-0.39, 0.29) is 11.3 Å². The van der Waals surface area contributed by atoms with Gasteiger partial charge in [0.05, 0.1) is 22.4 Å². The van der Waals surface area contributed by atoms with Gasteiger partial charge < -0.3 is 5.32 Å². The van der Waals surface area contributed by atoms with Gasteiger partial charge in [0.25, 0.3) is 5.69 Å². The molecule has 0 aliphatic rings. The fourth-order valence-corrected chi connectivity index (χ4v) is 2.60. The molecule has 0 atom stereocenters. The van der Waals surface area contributed by atoms with Crippen LogP contribution in [-0.2, 0) is 16.6 Å². The molecule has 0 saturated carbocycles. The van der Waals surface area contributed by atoms with Crippen molar-refractivity contribution in [3.63, 3.8) is 0 Å². The average molecular weight is 346 g/mol. The van der Waals surface area contributed by atoms with Crippen LogP contribution in [-0.4, -0.2) is 19.6 Å². The Balaban J connectivity index is 2.15. The second kappa shape index (κ2) is 6.97. The number of hydrogen-bond acceptors (Lipinski definition) is 6. The third-order valence-corrected chi connectivity index (χ3v) is 3.65. The van der Waals surface area contributed by atoms with Gasteiger partial charge in [0.15, 0.2) is 0 Å². The summed E-state index contributed by atoms with van der Waals surface area (Å²) < 4.78 is 24.9. The van der Waals surface area contributed by atoms with Crippen molar-refractivity contribution >= 4 is 27.1 Å². The van der Waals surface area contributed by atoms with Crippen LogP contribution in [0.4, 0.5) is 17.1 Å². The van der Waals surface area contributed by atoms with Crippen LogP contribution in [0.2, 0.25) is 0 Å². The summed E-state index contributed by atoms with van der Waals surface area (Å²) in [5.41, 5.74) is 1.68. The first-order valence-electron chi connectivity index (χ1n) is 6.77. The highest BCUT2D eigenvalue weighted by Gasteiger charge is 2.10. The maximum atomic E-state index is 11.2. The highest BCUT2D eigenvalue weighted by atomic mass is 32.2. The molecule has 8 nitrogen and oxygen atoms in total. The Kier molecular flexibility index (Phi) is 5.01. The number of rotatable bonds is 6. The minimum absolute atomic E-state index is 0.156. The van der Waals surface area contributed by atoms with E-state index in [1.807, 2.05) is 6.07 Å². The molecule has 0 bridgehead atoms. The minimum atomic E-state index is -3.36. The SMILES string of the molecule is CS(=O)(=O)Nc1cccc(CNc2ccc([N+](=O)[O-])cc2C#N)c1. The lowest BCUT2D eigenvalue weighted by molar-refractivity contribution is -0.384. The zero-order valence-electron chi connectivity index (χ0n) is 12.7. The molecule has 0 aliphatic carbocycles. The van der Waals surface area contributed by atoms with Crippen LogP contribution in [0.1, 0.15) is 11.1 Å². The zero-order valence-corrected chi connectivity index (χ0v) is 13.5. The molecule has 24 heavy (non-hydrogen) atoms. The van der Waals surface area contributed by atoms with Crippen molar-refractivity contribution in [1.82, 2.24) is 0 Å². The Morgan fingerprint density at radius 1 is 1.25 bits per heavy atom. The Morgan fingerprint density at radius 3 is 2.62 bits per heavy atom. The standard InChI is InChI=1S/C15H14N4O4S/c1-24(22,23)18-13-4-2-3-11(7-13)10-17-15-6-5-14(19(20)21)8-12(15)9-16/h2-8,17-18H,10H2,1H3. The number of nitriles is 1. The number of sulfonamides is 1. The summed E-state index contributed by atoms with van der Waals surface area (Å²) in [5.74, 6) is 0. The summed E-state index contributed by atoms with van der Waals surface area (Å²) in [4.78, 5) is 10.2. The lowest BCUT2D eigenvalue weighted by atomic mass is 10.1. The molecule has 2 N–H and O–H groups in total. The number of nitrogens with zero attached hydrogens (tertiary/aromatic N) is 2. The first kappa shape index (κ1) is 17.2. The van der Waals surface area contributed by atoms with E-state index in [0.29, 0.717) is 17.9 Å². The Hall–Kier alpha value is -3.12. The molecule has 0 fully saturated rings. The summed E-state index contributed by atoms with van der Waals surface area (Å²) in [6.07, 6.45) is 1.06. The van der Waals surface area contributed by atoms with Crippen molar-refractivity contribution in [3.05, 3.63) is 63.7 Å². The average Bonchev–Trinajstić information content (AvgIpc) is 2.51. The predicted molar refractivity (Wildman–Crippen MR) is 90.0 cm³/mol. The molecule has 2 aromatic rings. The first-order valence-corrected chi connectivity index (χ1v) is 8.67. The number of non-ortho nitro benzene ring substituents is 1. The zero-order chi connectivity index (χ0) is 17.7. The normalized spacial score (nSPS) is 10.7. The van der Waals surface area contributed by atoms with Crippen LogP contribution in [0.15, 0.2) is 42.5 Å². The van der Waals surface area contributed by atoms with Crippen molar-refractivity contribution < 1.29 is 13.3 Å². The Morgan fingerprint density at radius 2 is 2.00 bits per heavy atom. The van der Waals surface area contributed by atoms with Crippen molar-refractivity contribution in [3.8, 4) is 6.07 Å². The summed E-state index contributed by atoms with van der Waals surface area (Å²) in [6.45, 7) is 0.325. The number of nitrogens with one attached hydrogen (secondary N) is 2. The lowest BCUT2D eigenvalue weighted by Gasteiger charge is -2.10. The van der Waals surface area contributed by atoms with Gasteiger partial charge in [-0.15, -0.1) is 0 Å². The number of anilines is 2. The van der Waals surface area contributed by atoms with Gasteiger partial charge >= 0.3 is 0 Å². The molecule has 0 radical (unpaired) electrons. The van der Waals surface area contributed by atoms with Crippen molar-refractivity contribution in [2.45, 2.75) is 6.54 Å². The molecule has 0 saturated heterocycles. The third kappa shape index (κ3) is 4.69. The monoisotopic (exact) mass is 346 g/mol. The van der Waals surface area contributed by atoms with Crippen molar-refractivity contribution in [1.29, 1.82) is 5.26 Å². The van der Waals surface area contributed by atoms with E-state index < -0.39 is 14.9 Å². The second-order valence-electron chi connectivity index (χ2n) is 5.03. The van der Waals surface area contributed by atoms with E-state index in [2.05, 4.69) is 10.0 Å². The summed E-state index contributed by atoms with van der Waals surface area (Å²) in [7, 11) is -3.36.